The highest BCUT2D eigenvalue weighted by atomic mass is 16.5. The molecule has 8 heteroatoms. The van der Waals surface area contributed by atoms with E-state index >= 15 is 0 Å². The third kappa shape index (κ3) is 5.71. The van der Waals surface area contributed by atoms with Crippen LogP contribution in [-0.4, -0.2) is 28.6 Å². The number of H-pyrrole nitrogens is 1. The second kappa shape index (κ2) is 10.2. The normalized spacial score (nSPS) is 10.9. The van der Waals surface area contributed by atoms with Crippen molar-refractivity contribution in [2.45, 2.75) is 34.2 Å². The SMILES string of the molecule is Cc1ccc(OCC(=O)N(CC(C)C)c2c(N)n(Cc3ccccc3)c(=O)[nH]c2=O)cc1C. The van der Waals surface area contributed by atoms with Crippen molar-refractivity contribution < 1.29 is 9.53 Å². The Labute approximate surface area is 192 Å². The van der Waals surface area contributed by atoms with Crippen LogP contribution in [0.3, 0.4) is 0 Å². The average Bonchev–Trinajstić information content (AvgIpc) is 2.77. The smallest absolute Gasteiger partial charge is 0.330 e. The summed E-state index contributed by atoms with van der Waals surface area (Å²) in [7, 11) is 0. The minimum atomic E-state index is -0.706. The van der Waals surface area contributed by atoms with Crippen LogP contribution in [0.15, 0.2) is 58.1 Å². The first-order chi connectivity index (χ1) is 15.7. The lowest BCUT2D eigenvalue weighted by Crippen LogP contribution is -2.44. The van der Waals surface area contributed by atoms with Crippen LogP contribution in [-0.2, 0) is 11.3 Å². The molecule has 0 aliphatic rings. The van der Waals surface area contributed by atoms with Crippen molar-refractivity contribution in [2.75, 3.05) is 23.8 Å². The number of rotatable bonds is 8. The lowest BCUT2D eigenvalue weighted by atomic mass is 10.1. The Morgan fingerprint density at radius 2 is 1.79 bits per heavy atom. The number of aromatic nitrogens is 2. The summed E-state index contributed by atoms with van der Waals surface area (Å²) in [6.45, 7) is 7.94. The van der Waals surface area contributed by atoms with Crippen LogP contribution in [0, 0.1) is 19.8 Å². The summed E-state index contributed by atoms with van der Waals surface area (Å²) in [5.74, 6) is 0.118. The molecule has 0 aliphatic heterocycles. The molecule has 0 saturated carbocycles. The van der Waals surface area contributed by atoms with Crippen LogP contribution < -0.4 is 26.6 Å². The third-order valence-electron chi connectivity index (χ3n) is 5.36. The monoisotopic (exact) mass is 450 g/mol. The average molecular weight is 451 g/mol. The lowest BCUT2D eigenvalue weighted by molar-refractivity contribution is -0.120. The van der Waals surface area contributed by atoms with Crippen molar-refractivity contribution in [1.29, 1.82) is 0 Å². The van der Waals surface area contributed by atoms with Crippen LogP contribution >= 0.6 is 0 Å². The van der Waals surface area contributed by atoms with Crippen molar-refractivity contribution in [3.63, 3.8) is 0 Å². The molecule has 1 heterocycles. The zero-order chi connectivity index (χ0) is 24.1. The number of aromatic amines is 1. The molecule has 3 aromatic rings. The lowest BCUT2D eigenvalue weighted by Gasteiger charge is -2.26. The van der Waals surface area contributed by atoms with Gasteiger partial charge in [-0.05, 0) is 48.6 Å². The number of benzene rings is 2. The molecule has 3 rings (SSSR count). The van der Waals surface area contributed by atoms with E-state index in [1.165, 1.54) is 9.47 Å². The molecule has 0 fully saturated rings. The number of hydrogen-bond acceptors (Lipinski definition) is 5. The number of amides is 1. The van der Waals surface area contributed by atoms with Gasteiger partial charge in [0.15, 0.2) is 12.3 Å². The highest BCUT2D eigenvalue weighted by molar-refractivity contribution is 5.96. The molecule has 33 heavy (non-hydrogen) atoms. The summed E-state index contributed by atoms with van der Waals surface area (Å²) in [6.07, 6.45) is 0. The molecule has 0 saturated heterocycles. The number of nitrogens with one attached hydrogen (secondary N) is 1. The van der Waals surface area contributed by atoms with E-state index in [1.807, 2.05) is 70.2 Å². The Morgan fingerprint density at radius 3 is 2.42 bits per heavy atom. The largest absolute Gasteiger partial charge is 0.484 e. The number of ether oxygens (including phenoxy) is 1. The molecule has 2 aromatic carbocycles. The molecule has 1 aromatic heterocycles. The van der Waals surface area contributed by atoms with E-state index in [-0.39, 0.29) is 37.1 Å². The van der Waals surface area contributed by atoms with Gasteiger partial charge < -0.3 is 15.4 Å². The number of aryl methyl sites for hydroxylation is 2. The molecule has 0 atom stereocenters. The highest BCUT2D eigenvalue weighted by Crippen LogP contribution is 2.21. The maximum Gasteiger partial charge on any atom is 0.330 e. The number of hydrogen-bond donors (Lipinski definition) is 2. The molecule has 8 nitrogen and oxygen atoms in total. The van der Waals surface area contributed by atoms with Gasteiger partial charge in [-0.15, -0.1) is 0 Å². The van der Waals surface area contributed by atoms with Gasteiger partial charge in [0.1, 0.15) is 11.6 Å². The van der Waals surface area contributed by atoms with Crippen molar-refractivity contribution in [2.24, 2.45) is 5.92 Å². The highest BCUT2D eigenvalue weighted by Gasteiger charge is 2.25. The van der Waals surface area contributed by atoms with Crippen molar-refractivity contribution >= 4 is 17.4 Å². The van der Waals surface area contributed by atoms with Gasteiger partial charge >= 0.3 is 5.69 Å². The van der Waals surface area contributed by atoms with Crippen molar-refractivity contribution in [3.05, 3.63) is 86.1 Å². The summed E-state index contributed by atoms with van der Waals surface area (Å²) >= 11 is 0. The molecule has 0 radical (unpaired) electrons. The van der Waals surface area contributed by atoms with Crippen LogP contribution in [0.1, 0.15) is 30.5 Å². The molecular formula is C25H30N4O4. The minimum absolute atomic E-state index is 0.0453. The molecule has 0 aliphatic carbocycles. The van der Waals surface area contributed by atoms with E-state index in [1.54, 1.807) is 6.07 Å². The Hall–Kier alpha value is -3.81. The maximum absolute atomic E-state index is 13.2. The van der Waals surface area contributed by atoms with Gasteiger partial charge in [-0.3, -0.25) is 19.1 Å². The van der Waals surface area contributed by atoms with Crippen molar-refractivity contribution in [3.8, 4) is 5.75 Å². The topological polar surface area (TPSA) is 110 Å². The first-order valence-electron chi connectivity index (χ1n) is 10.8. The summed E-state index contributed by atoms with van der Waals surface area (Å²) in [4.78, 5) is 42.0. The molecule has 3 N–H and O–H groups in total. The number of carbonyl (C=O) groups is 1. The fourth-order valence-electron chi connectivity index (χ4n) is 3.47. The molecule has 0 unspecified atom stereocenters. The van der Waals surface area contributed by atoms with Crippen molar-refractivity contribution in [1.82, 2.24) is 9.55 Å². The summed E-state index contributed by atoms with van der Waals surface area (Å²) in [6, 6.07) is 14.8. The fourth-order valence-corrected chi connectivity index (χ4v) is 3.47. The quantitative estimate of drug-likeness (QED) is 0.548. The second-order valence-corrected chi connectivity index (χ2v) is 8.50. The maximum atomic E-state index is 13.2. The number of nitrogens with zero attached hydrogens (tertiary/aromatic N) is 2. The van der Waals surface area contributed by atoms with E-state index in [2.05, 4.69) is 4.98 Å². The molecule has 1 amide bonds. The number of nitrogens with two attached hydrogens (primary N) is 1. The molecule has 174 valence electrons. The zero-order valence-electron chi connectivity index (χ0n) is 19.4. The van der Waals surface area contributed by atoms with Crippen LogP contribution in [0.25, 0.3) is 0 Å². The second-order valence-electron chi connectivity index (χ2n) is 8.50. The van der Waals surface area contributed by atoms with Gasteiger partial charge in [0.05, 0.1) is 6.54 Å². The van der Waals surface area contributed by atoms with Gasteiger partial charge in [-0.2, -0.15) is 0 Å². The van der Waals surface area contributed by atoms with E-state index in [0.29, 0.717) is 5.75 Å². The van der Waals surface area contributed by atoms with Gasteiger partial charge in [-0.25, -0.2) is 4.79 Å². The van der Waals surface area contributed by atoms with E-state index in [4.69, 9.17) is 10.5 Å². The molecule has 0 bridgehead atoms. The van der Waals surface area contributed by atoms with E-state index in [9.17, 15) is 14.4 Å². The zero-order valence-corrected chi connectivity index (χ0v) is 19.4. The minimum Gasteiger partial charge on any atom is -0.484 e. The Bertz CT molecular complexity index is 1250. The van der Waals surface area contributed by atoms with E-state index < -0.39 is 17.2 Å². The molecular weight excluding hydrogens is 420 g/mol. The van der Waals surface area contributed by atoms with Gasteiger partial charge in [0.2, 0.25) is 0 Å². The van der Waals surface area contributed by atoms with Crippen LogP contribution in [0.5, 0.6) is 5.75 Å². The number of anilines is 2. The standard InChI is InChI=1S/C25H30N4O4/c1-16(2)13-28(21(30)15-33-20-11-10-17(3)18(4)12-20)22-23(26)29(25(32)27-24(22)31)14-19-8-6-5-7-9-19/h5-12,16H,13-15,26H2,1-4H3,(H,27,31,32). The van der Waals surface area contributed by atoms with Crippen LogP contribution in [0.4, 0.5) is 11.5 Å². The fraction of sp³-hybridized carbons (Fsp3) is 0.320. The summed E-state index contributed by atoms with van der Waals surface area (Å²) < 4.78 is 6.96. The third-order valence-corrected chi connectivity index (χ3v) is 5.36. The number of nitrogen functional groups attached to an aromatic ring is 1. The van der Waals surface area contributed by atoms with Gasteiger partial charge in [0.25, 0.3) is 11.5 Å². The van der Waals surface area contributed by atoms with E-state index in [0.717, 1.165) is 16.7 Å². The Morgan fingerprint density at radius 1 is 1.09 bits per heavy atom. The molecule has 0 spiro atoms. The predicted octanol–water partition coefficient (Wildman–Crippen LogP) is 2.85. The Kier molecular flexibility index (Phi) is 7.37. The number of carbonyl (C=O) groups excluding carboxylic acids is 1. The van der Waals surface area contributed by atoms with Gasteiger partial charge in [0, 0.05) is 6.54 Å². The van der Waals surface area contributed by atoms with Gasteiger partial charge in [-0.1, -0.05) is 50.2 Å². The predicted molar refractivity (Wildman–Crippen MR) is 130 cm³/mol. The summed E-state index contributed by atoms with van der Waals surface area (Å²) in [5.41, 5.74) is 7.92. The van der Waals surface area contributed by atoms with Crippen LogP contribution in [0.2, 0.25) is 0 Å². The first kappa shape index (κ1) is 23.8. The Balaban J connectivity index is 1.94. The first-order valence-corrected chi connectivity index (χ1v) is 10.8. The summed E-state index contributed by atoms with van der Waals surface area (Å²) in [5, 5.41) is 0.